The lowest BCUT2D eigenvalue weighted by Crippen LogP contribution is -2.33. The lowest BCUT2D eigenvalue weighted by atomic mass is 10.1. The van der Waals surface area contributed by atoms with E-state index in [0.717, 1.165) is 19.5 Å². The zero-order valence-electron chi connectivity index (χ0n) is 13.9. The molecule has 5 nitrogen and oxygen atoms in total. The van der Waals surface area contributed by atoms with Gasteiger partial charge in [0.05, 0.1) is 4.91 Å². The Balaban J connectivity index is 1.78. The van der Waals surface area contributed by atoms with Gasteiger partial charge in [-0.05, 0) is 63.0 Å². The van der Waals surface area contributed by atoms with Crippen molar-refractivity contribution < 1.29 is 14.3 Å². The van der Waals surface area contributed by atoms with Gasteiger partial charge in [0, 0.05) is 24.7 Å². The predicted molar refractivity (Wildman–Crippen MR) is 94.5 cm³/mol. The highest BCUT2D eigenvalue weighted by atomic mass is 32.2. The molecule has 2 aliphatic heterocycles. The number of amidine groups is 1. The molecule has 1 amide bonds. The third-order valence-corrected chi connectivity index (χ3v) is 5.40. The van der Waals surface area contributed by atoms with Gasteiger partial charge in [0.15, 0.2) is 5.17 Å². The van der Waals surface area contributed by atoms with Crippen molar-refractivity contribution in [3.05, 3.63) is 34.0 Å². The minimum Gasteiger partial charge on any atom is -0.507 e. The standard InChI is InChI=1S/C17H20FN3O2S/c1-10-6-12(18)7-11(15(10)22)8-14-16(23)19-17(24-14)21-5-4-13(9-21)20(2)3/h6-8,13,22H,4-5,9H2,1-3H3/b14-8-/t13-/m1/s1. The monoisotopic (exact) mass is 349 g/mol. The third kappa shape index (κ3) is 3.32. The van der Waals surface area contributed by atoms with E-state index < -0.39 is 5.82 Å². The fourth-order valence-electron chi connectivity index (χ4n) is 2.88. The molecule has 7 heteroatoms. The Morgan fingerprint density at radius 1 is 1.46 bits per heavy atom. The van der Waals surface area contributed by atoms with Crippen molar-refractivity contribution in [2.75, 3.05) is 27.2 Å². The number of carbonyl (C=O) groups excluding carboxylic acids is 1. The molecule has 0 bridgehead atoms. The fraction of sp³-hybridized carbons (Fsp3) is 0.412. The maximum atomic E-state index is 13.5. The summed E-state index contributed by atoms with van der Waals surface area (Å²) in [5, 5.41) is 10.7. The minimum absolute atomic E-state index is 0.0143. The lowest BCUT2D eigenvalue weighted by Gasteiger charge is -2.20. The first-order valence-corrected chi connectivity index (χ1v) is 8.60. The molecular weight excluding hydrogens is 329 g/mol. The van der Waals surface area contributed by atoms with Crippen LogP contribution in [0.25, 0.3) is 6.08 Å². The van der Waals surface area contributed by atoms with Crippen molar-refractivity contribution in [3.63, 3.8) is 0 Å². The molecule has 0 aliphatic carbocycles. The summed E-state index contributed by atoms with van der Waals surface area (Å²) in [6, 6.07) is 2.93. The Hall–Kier alpha value is -1.86. The summed E-state index contributed by atoms with van der Waals surface area (Å²) in [6.07, 6.45) is 2.54. The molecule has 0 spiro atoms. The molecule has 1 aromatic rings. The van der Waals surface area contributed by atoms with E-state index in [1.165, 1.54) is 30.0 Å². The predicted octanol–water partition coefficient (Wildman–Crippen LogP) is 2.45. The Morgan fingerprint density at radius 3 is 2.88 bits per heavy atom. The third-order valence-electron chi connectivity index (χ3n) is 4.35. The number of phenolic OH excluding ortho intramolecular Hbond substituents is 1. The second-order valence-electron chi connectivity index (χ2n) is 6.32. The number of aromatic hydroxyl groups is 1. The number of rotatable bonds is 2. The first kappa shape index (κ1) is 17.0. The second kappa shape index (κ2) is 6.57. The Kier molecular flexibility index (Phi) is 4.64. The van der Waals surface area contributed by atoms with Gasteiger partial charge in [-0.25, -0.2) is 4.39 Å². The van der Waals surface area contributed by atoms with Crippen LogP contribution in [0.2, 0.25) is 0 Å². The number of benzene rings is 1. The van der Waals surface area contributed by atoms with Gasteiger partial charge in [-0.2, -0.15) is 4.99 Å². The van der Waals surface area contributed by atoms with Crippen LogP contribution >= 0.6 is 11.8 Å². The number of hydrogen-bond donors (Lipinski definition) is 1. The largest absolute Gasteiger partial charge is 0.507 e. The van der Waals surface area contributed by atoms with Crippen molar-refractivity contribution in [1.82, 2.24) is 9.80 Å². The smallest absolute Gasteiger partial charge is 0.286 e. The SMILES string of the molecule is Cc1cc(F)cc(/C=C2\SC(N3CC[C@@H](N(C)C)C3)=NC2=O)c1O. The van der Waals surface area contributed by atoms with E-state index in [-0.39, 0.29) is 11.7 Å². The fourth-order valence-corrected chi connectivity index (χ4v) is 3.82. The van der Waals surface area contributed by atoms with Gasteiger partial charge in [0.1, 0.15) is 11.6 Å². The van der Waals surface area contributed by atoms with E-state index >= 15 is 0 Å². The summed E-state index contributed by atoms with van der Waals surface area (Å²) in [6.45, 7) is 3.32. The van der Waals surface area contributed by atoms with Crippen LogP contribution in [-0.2, 0) is 4.79 Å². The number of halogens is 1. The number of phenols is 1. The number of likely N-dealkylation sites (tertiary alicyclic amines) is 1. The Bertz CT molecular complexity index is 746. The first-order valence-electron chi connectivity index (χ1n) is 7.78. The molecule has 2 heterocycles. The molecule has 1 fully saturated rings. The average Bonchev–Trinajstić information content (AvgIpc) is 3.12. The summed E-state index contributed by atoms with van der Waals surface area (Å²) in [4.78, 5) is 21.0. The van der Waals surface area contributed by atoms with Gasteiger partial charge in [0.2, 0.25) is 0 Å². The maximum Gasteiger partial charge on any atom is 0.286 e. The molecule has 3 rings (SSSR count). The number of likely N-dealkylation sites (N-methyl/N-ethyl adjacent to an activating group) is 1. The van der Waals surface area contributed by atoms with E-state index in [9.17, 15) is 14.3 Å². The number of hydrogen-bond acceptors (Lipinski definition) is 5. The molecule has 0 unspecified atom stereocenters. The van der Waals surface area contributed by atoms with E-state index in [2.05, 4.69) is 14.8 Å². The average molecular weight is 349 g/mol. The van der Waals surface area contributed by atoms with Crippen molar-refractivity contribution >= 4 is 28.9 Å². The Labute approximate surface area is 144 Å². The molecule has 2 aliphatic rings. The molecule has 1 saturated heterocycles. The zero-order chi connectivity index (χ0) is 17.4. The first-order chi connectivity index (χ1) is 11.3. The number of carbonyl (C=O) groups is 1. The van der Waals surface area contributed by atoms with Gasteiger partial charge < -0.3 is 14.9 Å². The van der Waals surface area contributed by atoms with Crippen LogP contribution in [-0.4, -0.2) is 59.2 Å². The van der Waals surface area contributed by atoms with Gasteiger partial charge in [-0.3, -0.25) is 4.79 Å². The number of nitrogens with zero attached hydrogens (tertiary/aromatic N) is 3. The molecule has 24 heavy (non-hydrogen) atoms. The van der Waals surface area contributed by atoms with Crippen LogP contribution in [0.4, 0.5) is 4.39 Å². The van der Waals surface area contributed by atoms with Crippen LogP contribution in [0.15, 0.2) is 22.0 Å². The highest BCUT2D eigenvalue weighted by Gasteiger charge is 2.32. The molecule has 128 valence electrons. The van der Waals surface area contributed by atoms with Gasteiger partial charge >= 0.3 is 0 Å². The van der Waals surface area contributed by atoms with E-state index in [1.807, 2.05) is 14.1 Å². The topological polar surface area (TPSA) is 56.1 Å². The van der Waals surface area contributed by atoms with E-state index in [1.54, 1.807) is 6.92 Å². The van der Waals surface area contributed by atoms with E-state index in [0.29, 0.717) is 27.2 Å². The maximum absolute atomic E-state index is 13.5. The summed E-state index contributed by atoms with van der Waals surface area (Å²) in [7, 11) is 4.09. The molecule has 1 atom stereocenters. The van der Waals surface area contributed by atoms with Crippen molar-refractivity contribution in [2.45, 2.75) is 19.4 Å². The number of amides is 1. The van der Waals surface area contributed by atoms with Crippen molar-refractivity contribution in [1.29, 1.82) is 0 Å². The molecular formula is C17H20FN3O2S. The summed E-state index contributed by atoms with van der Waals surface area (Å²) < 4.78 is 13.5. The molecule has 0 saturated carbocycles. The molecule has 1 N–H and O–H groups in total. The van der Waals surface area contributed by atoms with Crippen LogP contribution in [0.5, 0.6) is 5.75 Å². The molecule has 0 radical (unpaired) electrons. The van der Waals surface area contributed by atoms with Crippen LogP contribution < -0.4 is 0 Å². The Morgan fingerprint density at radius 2 is 2.21 bits per heavy atom. The van der Waals surface area contributed by atoms with Crippen molar-refractivity contribution in [3.8, 4) is 5.75 Å². The highest BCUT2D eigenvalue weighted by molar-refractivity contribution is 8.18. The second-order valence-corrected chi connectivity index (χ2v) is 7.33. The van der Waals surface area contributed by atoms with Gasteiger partial charge in [-0.1, -0.05) is 0 Å². The van der Waals surface area contributed by atoms with E-state index in [4.69, 9.17) is 0 Å². The summed E-state index contributed by atoms with van der Waals surface area (Å²) >= 11 is 1.28. The summed E-state index contributed by atoms with van der Waals surface area (Å²) in [5.41, 5.74) is 0.735. The minimum atomic E-state index is -0.442. The van der Waals surface area contributed by atoms with Crippen LogP contribution in [0, 0.1) is 12.7 Å². The zero-order valence-corrected chi connectivity index (χ0v) is 14.7. The number of thioether (sulfide) groups is 1. The molecule has 1 aromatic carbocycles. The van der Waals surface area contributed by atoms with Crippen LogP contribution in [0.1, 0.15) is 17.5 Å². The quantitative estimate of drug-likeness (QED) is 0.831. The normalized spacial score (nSPS) is 22.8. The number of aryl methyl sites for hydroxylation is 1. The highest BCUT2D eigenvalue weighted by Crippen LogP contribution is 2.34. The van der Waals surface area contributed by atoms with Gasteiger partial charge in [0.25, 0.3) is 5.91 Å². The van der Waals surface area contributed by atoms with Crippen LogP contribution in [0.3, 0.4) is 0 Å². The van der Waals surface area contributed by atoms with Gasteiger partial charge in [-0.15, -0.1) is 0 Å². The number of aliphatic imine (C=N–C) groups is 1. The lowest BCUT2D eigenvalue weighted by molar-refractivity contribution is -0.113. The summed E-state index contributed by atoms with van der Waals surface area (Å²) in [5.74, 6) is -0.800. The molecule has 0 aromatic heterocycles. The van der Waals surface area contributed by atoms with Crippen molar-refractivity contribution in [2.24, 2.45) is 4.99 Å².